The molecular formula is C10H13N5O. The summed E-state index contributed by atoms with van der Waals surface area (Å²) in [6.07, 6.45) is 3.21. The number of morpholine rings is 1. The van der Waals surface area contributed by atoms with E-state index in [0.717, 1.165) is 36.7 Å². The van der Waals surface area contributed by atoms with Crippen LogP contribution >= 0.6 is 0 Å². The second-order valence-electron chi connectivity index (χ2n) is 3.91. The fourth-order valence-electron chi connectivity index (χ4n) is 2.00. The molecule has 0 amide bonds. The van der Waals surface area contributed by atoms with Gasteiger partial charge >= 0.3 is 0 Å². The van der Waals surface area contributed by atoms with Gasteiger partial charge in [0.15, 0.2) is 11.5 Å². The van der Waals surface area contributed by atoms with Crippen LogP contribution in [0, 0.1) is 0 Å². The Morgan fingerprint density at radius 1 is 1.44 bits per heavy atom. The molecule has 1 fully saturated rings. The normalized spacial score (nSPS) is 21.6. The van der Waals surface area contributed by atoms with Crippen molar-refractivity contribution in [1.29, 1.82) is 0 Å². The summed E-state index contributed by atoms with van der Waals surface area (Å²) in [4.78, 5) is 17.9. The summed E-state index contributed by atoms with van der Waals surface area (Å²) in [7, 11) is 0. The van der Waals surface area contributed by atoms with E-state index in [-0.39, 0.29) is 0 Å². The van der Waals surface area contributed by atoms with Gasteiger partial charge in [0.2, 0.25) is 0 Å². The number of H-pyrrole nitrogens is 1. The Bertz CT molecular complexity index is 497. The largest absolute Gasteiger partial charge is 0.377 e. The highest BCUT2D eigenvalue weighted by atomic mass is 16.5. The van der Waals surface area contributed by atoms with Crippen LogP contribution in [0.25, 0.3) is 11.2 Å². The molecule has 2 aromatic rings. The number of fused-ring (bicyclic) bond motifs is 1. The molecule has 0 aliphatic carbocycles. The summed E-state index contributed by atoms with van der Waals surface area (Å²) in [5.41, 5.74) is 1.61. The average molecular weight is 219 g/mol. The zero-order valence-corrected chi connectivity index (χ0v) is 9.05. The highest BCUT2D eigenvalue weighted by molar-refractivity contribution is 5.82. The van der Waals surface area contributed by atoms with E-state index in [1.165, 1.54) is 0 Å². The molecule has 16 heavy (non-hydrogen) atoms. The monoisotopic (exact) mass is 219 g/mol. The zero-order valence-electron chi connectivity index (χ0n) is 9.05. The van der Waals surface area contributed by atoms with Crippen LogP contribution in [-0.4, -0.2) is 45.7 Å². The molecule has 2 aromatic heterocycles. The molecule has 0 spiro atoms. The molecule has 1 aliphatic rings. The Labute approximate surface area is 92.7 Å². The number of aromatic amines is 1. The minimum Gasteiger partial charge on any atom is -0.377 e. The number of hydrogen-bond donors (Lipinski definition) is 1. The predicted molar refractivity (Wildman–Crippen MR) is 59.3 cm³/mol. The van der Waals surface area contributed by atoms with Crippen LogP contribution < -0.4 is 4.90 Å². The molecule has 1 N–H and O–H groups in total. The molecule has 3 rings (SSSR count). The average Bonchev–Trinajstić information content (AvgIpc) is 2.77. The van der Waals surface area contributed by atoms with Crippen molar-refractivity contribution in [3.05, 3.63) is 12.7 Å². The minimum absolute atomic E-state index is 0.323. The van der Waals surface area contributed by atoms with Crippen molar-refractivity contribution in [2.45, 2.75) is 13.0 Å². The van der Waals surface area contributed by atoms with Crippen molar-refractivity contribution in [1.82, 2.24) is 19.9 Å². The molecule has 84 valence electrons. The van der Waals surface area contributed by atoms with Gasteiger partial charge in [-0.15, -0.1) is 0 Å². The van der Waals surface area contributed by atoms with Crippen molar-refractivity contribution in [2.75, 3.05) is 24.7 Å². The van der Waals surface area contributed by atoms with E-state index in [9.17, 15) is 0 Å². The standard InChI is InChI=1S/C10H13N5O/c1-7-4-16-3-2-15(7)10-8-9(12-5-11-8)13-6-14-10/h5-7H,2-4H2,1H3,(H,11,12,13,14). The summed E-state index contributed by atoms with van der Waals surface area (Å²) >= 11 is 0. The van der Waals surface area contributed by atoms with Gasteiger partial charge in [0, 0.05) is 6.54 Å². The van der Waals surface area contributed by atoms with Gasteiger partial charge in [-0.1, -0.05) is 0 Å². The van der Waals surface area contributed by atoms with E-state index >= 15 is 0 Å². The van der Waals surface area contributed by atoms with Gasteiger partial charge in [-0.3, -0.25) is 0 Å². The molecule has 0 aromatic carbocycles. The van der Waals surface area contributed by atoms with E-state index in [1.54, 1.807) is 12.7 Å². The summed E-state index contributed by atoms with van der Waals surface area (Å²) in [6, 6.07) is 0.323. The van der Waals surface area contributed by atoms with E-state index in [4.69, 9.17) is 4.74 Å². The lowest BCUT2D eigenvalue weighted by molar-refractivity contribution is 0.0986. The van der Waals surface area contributed by atoms with Crippen molar-refractivity contribution >= 4 is 17.0 Å². The number of hydrogen-bond acceptors (Lipinski definition) is 5. The SMILES string of the molecule is CC1COCCN1c1ncnc2[nH]cnc12. The van der Waals surface area contributed by atoms with Crippen molar-refractivity contribution in [3.63, 3.8) is 0 Å². The molecule has 0 bridgehead atoms. The Morgan fingerprint density at radius 3 is 3.25 bits per heavy atom. The number of rotatable bonds is 1. The molecule has 1 atom stereocenters. The van der Waals surface area contributed by atoms with Gasteiger partial charge in [0.05, 0.1) is 25.6 Å². The van der Waals surface area contributed by atoms with Crippen molar-refractivity contribution in [3.8, 4) is 0 Å². The zero-order chi connectivity index (χ0) is 11.0. The third kappa shape index (κ3) is 1.42. The van der Waals surface area contributed by atoms with E-state index in [0.29, 0.717) is 6.04 Å². The lowest BCUT2D eigenvalue weighted by atomic mass is 10.2. The Morgan fingerprint density at radius 2 is 2.38 bits per heavy atom. The molecular weight excluding hydrogens is 206 g/mol. The van der Waals surface area contributed by atoms with Crippen LogP contribution in [0.15, 0.2) is 12.7 Å². The van der Waals surface area contributed by atoms with Crippen LogP contribution in [0.2, 0.25) is 0 Å². The van der Waals surface area contributed by atoms with Crippen LogP contribution in [0.5, 0.6) is 0 Å². The Balaban J connectivity index is 2.07. The van der Waals surface area contributed by atoms with Crippen LogP contribution in [0.1, 0.15) is 6.92 Å². The van der Waals surface area contributed by atoms with Gasteiger partial charge in [-0.2, -0.15) is 0 Å². The number of aromatic nitrogens is 4. The number of nitrogens with zero attached hydrogens (tertiary/aromatic N) is 4. The van der Waals surface area contributed by atoms with Gasteiger partial charge in [-0.05, 0) is 6.92 Å². The molecule has 3 heterocycles. The first-order valence-corrected chi connectivity index (χ1v) is 5.35. The van der Waals surface area contributed by atoms with E-state index < -0.39 is 0 Å². The first kappa shape index (κ1) is 9.53. The molecule has 6 nitrogen and oxygen atoms in total. The topological polar surface area (TPSA) is 66.9 Å². The highest BCUT2D eigenvalue weighted by Crippen LogP contribution is 2.22. The number of anilines is 1. The summed E-state index contributed by atoms with van der Waals surface area (Å²) in [6.45, 7) is 4.44. The predicted octanol–water partition coefficient (Wildman–Crippen LogP) is 0.578. The van der Waals surface area contributed by atoms with Crippen LogP contribution in [0.3, 0.4) is 0 Å². The summed E-state index contributed by atoms with van der Waals surface area (Å²) in [5.74, 6) is 0.891. The fraction of sp³-hybridized carbons (Fsp3) is 0.500. The van der Waals surface area contributed by atoms with Crippen LogP contribution in [0.4, 0.5) is 5.82 Å². The second-order valence-corrected chi connectivity index (χ2v) is 3.91. The molecule has 0 radical (unpaired) electrons. The lowest BCUT2D eigenvalue weighted by Crippen LogP contribution is -2.44. The second kappa shape index (κ2) is 3.71. The summed E-state index contributed by atoms with van der Waals surface area (Å²) < 4.78 is 5.41. The van der Waals surface area contributed by atoms with E-state index in [1.807, 2.05) is 0 Å². The summed E-state index contributed by atoms with van der Waals surface area (Å²) in [5, 5.41) is 0. The molecule has 1 unspecified atom stereocenters. The molecule has 0 saturated carbocycles. The first-order valence-electron chi connectivity index (χ1n) is 5.35. The highest BCUT2D eigenvalue weighted by Gasteiger charge is 2.22. The van der Waals surface area contributed by atoms with Gasteiger partial charge in [0.25, 0.3) is 0 Å². The van der Waals surface area contributed by atoms with Gasteiger partial charge in [-0.25, -0.2) is 15.0 Å². The first-order chi connectivity index (χ1) is 7.86. The molecule has 1 saturated heterocycles. The Hall–Kier alpha value is -1.69. The molecule has 6 heteroatoms. The smallest absolute Gasteiger partial charge is 0.162 e. The van der Waals surface area contributed by atoms with Crippen molar-refractivity contribution in [2.24, 2.45) is 0 Å². The quantitative estimate of drug-likeness (QED) is 0.759. The number of ether oxygens (including phenoxy) is 1. The van der Waals surface area contributed by atoms with E-state index in [2.05, 4.69) is 31.8 Å². The Kier molecular flexibility index (Phi) is 2.21. The lowest BCUT2D eigenvalue weighted by Gasteiger charge is -2.34. The van der Waals surface area contributed by atoms with Gasteiger partial charge < -0.3 is 14.6 Å². The van der Waals surface area contributed by atoms with Crippen molar-refractivity contribution < 1.29 is 4.74 Å². The maximum Gasteiger partial charge on any atom is 0.162 e. The fourth-order valence-corrected chi connectivity index (χ4v) is 2.00. The minimum atomic E-state index is 0.323. The number of nitrogens with one attached hydrogen (secondary N) is 1. The maximum atomic E-state index is 5.41. The third-order valence-electron chi connectivity index (χ3n) is 2.84. The maximum absolute atomic E-state index is 5.41. The van der Waals surface area contributed by atoms with Gasteiger partial charge in [0.1, 0.15) is 11.8 Å². The number of imidazole rings is 1. The third-order valence-corrected chi connectivity index (χ3v) is 2.84. The molecule has 1 aliphatic heterocycles. The van der Waals surface area contributed by atoms with Crippen LogP contribution in [-0.2, 0) is 4.74 Å².